The largest absolute Gasteiger partial charge is 0.368 e. The first-order valence-electron chi connectivity index (χ1n) is 5.11. The van der Waals surface area contributed by atoms with Gasteiger partial charge in [-0.1, -0.05) is 23.7 Å². The van der Waals surface area contributed by atoms with Gasteiger partial charge in [-0.05, 0) is 30.2 Å². The molecule has 0 radical (unpaired) electrons. The second-order valence-corrected chi connectivity index (χ2v) is 5.03. The van der Waals surface area contributed by atoms with Crippen LogP contribution in [0.2, 0.25) is 5.02 Å². The Morgan fingerprint density at radius 3 is 2.71 bits per heavy atom. The normalized spacial score (nSPS) is 10.5. The Labute approximate surface area is 109 Å². The van der Waals surface area contributed by atoms with Crippen LogP contribution in [0.4, 0.5) is 5.95 Å². The van der Waals surface area contributed by atoms with Crippen molar-refractivity contribution in [1.29, 1.82) is 0 Å². The molecule has 0 atom stereocenters. The molecule has 1 aromatic carbocycles. The monoisotopic (exact) mass is 265 g/mol. The quantitative estimate of drug-likeness (QED) is 0.683. The zero-order valence-electron chi connectivity index (χ0n) is 9.35. The minimum absolute atomic E-state index is 0.314. The molecule has 88 valence electrons. The molecule has 2 N–H and O–H groups in total. The number of aryl methyl sites for hydroxylation is 1. The number of nitrogens with zero attached hydrogens (tertiary/aromatic N) is 2. The summed E-state index contributed by atoms with van der Waals surface area (Å²) >= 11 is 7.48. The summed E-state index contributed by atoms with van der Waals surface area (Å²) in [5, 5.41) is 1.67. The molecule has 0 amide bonds. The molecule has 0 aliphatic heterocycles. The highest BCUT2D eigenvalue weighted by Gasteiger charge is 2.03. The molecule has 2 aromatic rings. The Kier molecular flexibility index (Phi) is 3.86. The van der Waals surface area contributed by atoms with Gasteiger partial charge in [-0.15, -0.1) is 11.8 Å². The molecule has 0 bridgehead atoms. The van der Waals surface area contributed by atoms with Gasteiger partial charge in [0.25, 0.3) is 0 Å². The predicted octanol–water partition coefficient (Wildman–Crippen LogP) is 3.31. The minimum atomic E-state index is 0.314. The number of aromatic nitrogens is 2. The number of rotatable bonds is 3. The number of nitrogen functional groups attached to an aromatic ring is 1. The maximum Gasteiger partial charge on any atom is 0.221 e. The first-order valence-corrected chi connectivity index (χ1v) is 6.48. The molecule has 0 saturated carbocycles. The van der Waals surface area contributed by atoms with Crippen molar-refractivity contribution in [1.82, 2.24) is 9.97 Å². The molecular weight excluding hydrogens is 254 g/mol. The van der Waals surface area contributed by atoms with Crippen LogP contribution >= 0.6 is 23.4 Å². The van der Waals surface area contributed by atoms with Crippen molar-refractivity contribution in [3.63, 3.8) is 0 Å². The SMILES string of the molecule is Cc1cnc(N)nc1SCc1ccc(Cl)cc1. The lowest BCUT2D eigenvalue weighted by atomic mass is 10.2. The lowest BCUT2D eigenvalue weighted by Gasteiger charge is -2.05. The van der Waals surface area contributed by atoms with Crippen molar-refractivity contribution in [3.05, 3.63) is 46.6 Å². The van der Waals surface area contributed by atoms with Crippen LogP contribution in [0.3, 0.4) is 0 Å². The van der Waals surface area contributed by atoms with Gasteiger partial charge in [-0.3, -0.25) is 0 Å². The lowest BCUT2D eigenvalue weighted by Crippen LogP contribution is -1.97. The van der Waals surface area contributed by atoms with Crippen LogP contribution in [-0.4, -0.2) is 9.97 Å². The smallest absolute Gasteiger partial charge is 0.221 e. The van der Waals surface area contributed by atoms with Crippen molar-refractivity contribution in [3.8, 4) is 0 Å². The lowest BCUT2D eigenvalue weighted by molar-refractivity contribution is 1.02. The first kappa shape index (κ1) is 12.2. The molecule has 0 aliphatic carbocycles. The highest BCUT2D eigenvalue weighted by atomic mass is 35.5. The van der Waals surface area contributed by atoms with E-state index in [0.29, 0.717) is 5.95 Å². The number of anilines is 1. The summed E-state index contributed by atoms with van der Waals surface area (Å²) in [5.74, 6) is 1.16. The van der Waals surface area contributed by atoms with Crippen LogP contribution in [0.5, 0.6) is 0 Å². The summed E-state index contributed by atoms with van der Waals surface area (Å²) in [7, 11) is 0. The topological polar surface area (TPSA) is 51.8 Å². The average molecular weight is 266 g/mol. The molecule has 0 fully saturated rings. The van der Waals surface area contributed by atoms with Gasteiger partial charge in [0.2, 0.25) is 5.95 Å². The molecule has 0 spiro atoms. The van der Waals surface area contributed by atoms with E-state index in [1.807, 2.05) is 31.2 Å². The summed E-state index contributed by atoms with van der Waals surface area (Å²) in [6.07, 6.45) is 1.74. The summed E-state index contributed by atoms with van der Waals surface area (Å²) in [4.78, 5) is 8.15. The Balaban J connectivity index is 2.07. The van der Waals surface area contributed by atoms with E-state index in [9.17, 15) is 0 Å². The minimum Gasteiger partial charge on any atom is -0.368 e. The molecule has 0 saturated heterocycles. The van der Waals surface area contributed by atoms with Crippen LogP contribution in [0, 0.1) is 6.92 Å². The standard InChI is InChI=1S/C12H12ClN3S/c1-8-6-15-12(14)16-11(8)17-7-9-2-4-10(13)5-3-9/h2-6H,7H2,1H3,(H2,14,15,16). The Bertz CT molecular complexity index is 514. The number of hydrogen-bond acceptors (Lipinski definition) is 4. The van der Waals surface area contributed by atoms with Crippen LogP contribution in [0.25, 0.3) is 0 Å². The van der Waals surface area contributed by atoms with E-state index in [1.165, 1.54) is 5.56 Å². The third kappa shape index (κ3) is 3.35. The zero-order chi connectivity index (χ0) is 12.3. The fraction of sp³-hybridized carbons (Fsp3) is 0.167. The summed E-state index contributed by atoms with van der Waals surface area (Å²) < 4.78 is 0. The first-order chi connectivity index (χ1) is 8.15. The van der Waals surface area contributed by atoms with Gasteiger partial charge in [0.05, 0.1) is 0 Å². The number of nitrogens with two attached hydrogens (primary N) is 1. The van der Waals surface area contributed by atoms with Crippen LogP contribution in [0.15, 0.2) is 35.5 Å². The van der Waals surface area contributed by atoms with Crippen LogP contribution in [0.1, 0.15) is 11.1 Å². The second kappa shape index (κ2) is 5.38. The fourth-order valence-corrected chi connectivity index (χ4v) is 2.38. The van der Waals surface area contributed by atoms with Gasteiger partial charge in [0.1, 0.15) is 5.03 Å². The average Bonchev–Trinajstić information content (AvgIpc) is 2.32. The highest BCUT2D eigenvalue weighted by molar-refractivity contribution is 7.98. The van der Waals surface area contributed by atoms with E-state index >= 15 is 0 Å². The van der Waals surface area contributed by atoms with E-state index in [0.717, 1.165) is 21.4 Å². The highest BCUT2D eigenvalue weighted by Crippen LogP contribution is 2.24. The van der Waals surface area contributed by atoms with Gasteiger partial charge in [-0.2, -0.15) is 0 Å². The Morgan fingerprint density at radius 1 is 1.29 bits per heavy atom. The summed E-state index contributed by atoms with van der Waals surface area (Å²) in [5.41, 5.74) is 7.81. The van der Waals surface area contributed by atoms with Crippen LogP contribution < -0.4 is 5.73 Å². The molecule has 0 aliphatic rings. The third-order valence-corrected chi connectivity index (χ3v) is 3.65. The maximum absolute atomic E-state index is 5.83. The zero-order valence-corrected chi connectivity index (χ0v) is 10.9. The van der Waals surface area contributed by atoms with Gasteiger partial charge in [0, 0.05) is 17.0 Å². The number of benzene rings is 1. The Morgan fingerprint density at radius 2 is 2.00 bits per heavy atom. The molecule has 3 nitrogen and oxygen atoms in total. The molecule has 2 rings (SSSR count). The molecular formula is C12H12ClN3S. The molecule has 0 unspecified atom stereocenters. The molecule has 5 heteroatoms. The van der Waals surface area contributed by atoms with Crippen LogP contribution in [-0.2, 0) is 5.75 Å². The van der Waals surface area contributed by atoms with Gasteiger partial charge in [0.15, 0.2) is 0 Å². The van der Waals surface area contributed by atoms with Gasteiger partial charge < -0.3 is 5.73 Å². The van der Waals surface area contributed by atoms with Gasteiger partial charge in [-0.25, -0.2) is 9.97 Å². The number of halogens is 1. The third-order valence-electron chi connectivity index (χ3n) is 2.23. The van der Waals surface area contributed by atoms with Gasteiger partial charge >= 0.3 is 0 Å². The van der Waals surface area contributed by atoms with E-state index in [2.05, 4.69) is 9.97 Å². The maximum atomic E-state index is 5.83. The van der Waals surface area contributed by atoms with E-state index < -0.39 is 0 Å². The second-order valence-electron chi connectivity index (χ2n) is 3.63. The molecule has 1 heterocycles. The molecule has 1 aromatic heterocycles. The van der Waals surface area contributed by atoms with E-state index in [1.54, 1.807) is 18.0 Å². The van der Waals surface area contributed by atoms with Crippen molar-refractivity contribution in [2.75, 3.05) is 5.73 Å². The molecule has 17 heavy (non-hydrogen) atoms. The summed E-state index contributed by atoms with van der Waals surface area (Å²) in [6, 6.07) is 7.79. The van der Waals surface area contributed by atoms with Crippen molar-refractivity contribution < 1.29 is 0 Å². The number of thioether (sulfide) groups is 1. The number of hydrogen-bond donors (Lipinski definition) is 1. The van der Waals surface area contributed by atoms with E-state index in [4.69, 9.17) is 17.3 Å². The fourth-order valence-electron chi connectivity index (χ4n) is 1.32. The van der Waals surface area contributed by atoms with Crippen molar-refractivity contribution in [2.24, 2.45) is 0 Å². The van der Waals surface area contributed by atoms with Crippen molar-refractivity contribution >= 4 is 29.3 Å². The van der Waals surface area contributed by atoms with E-state index in [-0.39, 0.29) is 0 Å². The van der Waals surface area contributed by atoms with Crippen molar-refractivity contribution in [2.45, 2.75) is 17.7 Å². The Hall–Kier alpha value is -1.26. The predicted molar refractivity (Wildman–Crippen MR) is 72.2 cm³/mol. The summed E-state index contributed by atoms with van der Waals surface area (Å²) in [6.45, 7) is 1.98.